The lowest BCUT2D eigenvalue weighted by atomic mass is 10.2. The van der Waals surface area contributed by atoms with Crippen molar-refractivity contribution in [2.24, 2.45) is 0 Å². The van der Waals surface area contributed by atoms with Crippen LogP contribution in [0.4, 0.5) is 0 Å². The normalized spacial score (nSPS) is 17.2. The summed E-state index contributed by atoms with van der Waals surface area (Å²) in [5.74, 6) is -2.93. The Bertz CT molecular complexity index is 727. The molecular formula is C12H12N2O6S. The highest BCUT2D eigenvalue weighted by Gasteiger charge is 2.41. The van der Waals surface area contributed by atoms with Crippen molar-refractivity contribution in [3.63, 3.8) is 0 Å². The number of nitrogens with one attached hydrogen (secondary N) is 1. The molecule has 0 unspecified atom stereocenters. The van der Waals surface area contributed by atoms with Crippen molar-refractivity contribution in [1.82, 2.24) is 9.62 Å². The third kappa shape index (κ3) is 2.59. The first kappa shape index (κ1) is 15.0. The van der Waals surface area contributed by atoms with Crippen LogP contribution in [0, 0.1) is 0 Å². The highest BCUT2D eigenvalue weighted by atomic mass is 32.2. The van der Waals surface area contributed by atoms with Gasteiger partial charge in [-0.25, -0.2) is 12.7 Å². The Morgan fingerprint density at radius 3 is 2.52 bits per heavy atom. The maximum Gasteiger partial charge on any atom is 0.325 e. The maximum absolute atomic E-state index is 12.2. The van der Waals surface area contributed by atoms with E-state index in [-0.39, 0.29) is 10.5 Å². The van der Waals surface area contributed by atoms with Gasteiger partial charge < -0.3 is 10.4 Å². The van der Waals surface area contributed by atoms with Crippen molar-refractivity contribution >= 4 is 27.8 Å². The number of amides is 2. The van der Waals surface area contributed by atoms with Crippen LogP contribution in [0.5, 0.6) is 0 Å². The number of carbonyl (C=O) groups is 3. The van der Waals surface area contributed by atoms with E-state index in [1.807, 2.05) is 0 Å². The van der Waals surface area contributed by atoms with Gasteiger partial charge in [0.15, 0.2) is 0 Å². The van der Waals surface area contributed by atoms with Crippen molar-refractivity contribution in [2.75, 3.05) is 6.54 Å². The molecule has 2 rings (SSSR count). The highest BCUT2D eigenvalue weighted by Crippen LogP contribution is 2.29. The second kappa shape index (κ2) is 5.17. The first-order valence-electron chi connectivity index (χ1n) is 5.93. The van der Waals surface area contributed by atoms with Gasteiger partial charge in [-0.3, -0.25) is 14.4 Å². The average molecular weight is 312 g/mol. The Labute approximate surface area is 120 Å². The lowest BCUT2D eigenvalue weighted by Gasteiger charge is -2.16. The molecule has 0 radical (unpaired) electrons. The van der Waals surface area contributed by atoms with E-state index in [2.05, 4.69) is 5.32 Å². The minimum atomic E-state index is -4.07. The molecule has 21 heavy (non-hydrogen) atoms. The van der Waals surface area contributed by atoms with Gasteiger partial charge >= 0.3 is 5.97 Å². The molecule has 0 saturated heterocycles. The topological polar surface area (TPSA) is 121 Å². The molecule has 1 aromatic rings. The van der Waals surface area contributed by atoms with Crippen LogP contribution in [-0.2, 0) is 19.6 Å². The SMILES string of the molecule is C[C@H](NC(=O)CN1C(=O)c2ccccc2S1(=O)=O)C(=O)O. The Balaban J connectivity index is 2.22. The standard InChI is InChI=1S/C12H12N2O6S/c1-7(12(17)18)13-10(15)6-14-11(16)8-4-2-3-5-9(8)21(14,19)20/h2-5,7H,6H2,1H3,(H,13,15)(H,17,18)/t7-/m0/s1. The number of nitrogens with zero attached hydrogens (tertiary/aromatic N) is 1. The summed E-state index contributed by atoms with van der Waals surface area (Å²) in [5, 5.41) is 10.8. The van der Waals surface area contributed by atoms with Crippen molar-refractivity contribution in [3.05, 3.63) is 29.8 Å². The fourth-order valence-electron chi connectivity index (χ4n) is 1.87. The van der Waals surface area contributed by atoms with Gasteiger partial charge in [-0.05, 0) is 19.1 Å². The average Bonchev–Trinajstić information content (AvgIpc) is 2.60. The van der Waals surface area contributed by atoms with Crippen molar-refractivity contribution in [1.29, 1.82) is 0 Å². The van der Waals surface area contributed by atoms with Crippen LogP contribution in [-0.4, -0.2) is 48.2 Å². The van der Waals surface area contributed by atoms with E-state index < -0.39 is 40.4 Å². The van der Waals surface area contributed by atoms with Gasteiger partial charge in [-0.2, -0.15) is 0 Å². The number of sulfonamides is 1. The monoisotopic (exact) mass is 312 g/mol. The van der Waals surface area contributed by atoms with Crippen molar-refractivity contribution in [2.45, 2.75) is 17.9 Å². The molecule has 1 atom stereocenters. The molecule has 2 N–H and O–H groups in total. The van der Waals surface area contributed by atoms with Gasteiger partial charge in [0.2, 0.25) is 5.91 Å². The number of hydrogen-bond donors (Lipinski definition) is 2. The second-order valence-corrected chi connectivity index (χ2v) is 6.27. The van der Waals surface area contributed by atoms with Crippen LogP contribution in [0.3, 0.4) is 0 Å². The summed E-state index contributed by atoms with van der Waals surface area (Å²) in [6, 6.07) is 4.44. The van der Waals surface area contributed by atoms with Crippen LogP contribution < -0.4 is 5.32 Å². The summed E-state index contributed by atoms with van der Waals surface area (Å²) in [6.07, 6.45) is 0. The first-order valence-corrected chi connectivity index (χ1v) is 7.37. The molecular weight excluding hydrogens is 300 g/mol. The quantitative estimate of drug-likeness (QED) is 0.767. The predicted octanol–water partition coefficient (Wildman–Crippen LogP) is -0.580. The largest absolute Gasteiger partial charge is 0.480 e. The molecule has 1 aliphatic heterocycles. The molecule has 8 nitrogen and oxygen atoms in total. The summed E-state index contributed by atoms with van der Waals surface area (Å²) in [5.41, 5.74) is -0.00316. The van der Waals surface area contributed by atoms with Crippen LogP contribution in [0.25, 0.3) is 0 Å². The fourth-order valence-corrected chi connectivity index (χ4v) is 3.39. The molecule has 0 fully saturated rings. The summed E-state index contributed by atoms with van der Waals surface area (Å²) >= 11 is 0. The number of carboxylic acids is 1. The Hall–Kier alpha value is -2.42. The molecule has 0 aliphatic carbocycles. The van der Waals surface area contributed by atoms with Gasteiger partial charge in [-0.1, -0.05) is 12.1 Å². The molecule has 1 aliphatic rings. The third-order valence-corrected chi connectivity index (χ3v) is 4.73. The lowest BCUT2D eigenvalue weighted by Crippen LogP contribution is -2.45. The smallest absolute Gasteiger partial charge is 0.325 e. The Morgan fingerprint density at radius 2 is 1.95 bits per heavy atom. The summed E-state index contributed by atoms with van der Waals surface area (Å²) in [4.78, 5) is 34.2. The zero-order valence-corrected chi connectivity index (χ0v) is 11.8. The molecule has 1 aromatic carbocycles. The molecule has 0 aromatic heterocycles. The summed E-state index contributed by atoms with van der Waals surface area (Å²) in [7, 11) is -4.07. The third-order valence-electron chi connectivity index (χ3n) is 2.95. The Morgan fingerprint density at radius 1 is 1.33 bits per heavy atom. The molecule has 2 amide bonds. The van der Waals surface area contributed by atoms with E-state index in [0.29, 0.717) is 4.31 Å². The highest BCUT2D eigenvalue weighted by molar-refractivity contribution is 7.90. The first-order chi connectivity index (χ1) is 9.75. The minimum absolute atomic E-state index is 0.00316. The van der Waals surface area contributed by atoms with Crippen LogP contribution in [0.2, 0.25) is 0 Å². The molecule has 0 saturated carbocycles. The van der Waals surface area contributed by atoms with E-state index in [4.69, 9.17) is 5.11 Å². The molecule has 9 heteroatoms. The zero-order valence-electron chi connectivity index (χ0n) is 10.9. The number of carbonyl (C=O) groups excluding carboxylic acids is 2. The number of benzene rings is 1. The second-order valence-electron chi connectivity index (χ2n) is 4.44. The van der Waals surface area contributed by atoms with Crippen LogP contribution >= 0.6 is 0 Å². The number of aliphatic carboxylic acids is 1. The Kier molecular flexibility index (Phi) is 3.69. The van der Waals surface area contributed by atoms with Gasteiger partial charge in [-0.15, -0.1) is 0 Å². The van der Waals surface area contributed by atoms with E-state index >= 15 is 0 Å². The molecule has 0 spiro atoms. The predicted molar refractivity (Wildman–Crippen MR) is 69.9 cm³/mol. The lowest BCUT2D eigenvalue weighted by molar-refractivity contribution is -0.141. The number of rotatable bonds is 4. The molecule has 1 heterocycles. The van der Waals surface area contributed by atoms with Crippen LogP contribution in [0.15, 0.2) is 29.2 Å². The van der Waals surface area contributed by atoms with Gasteiger partial charge in [0, 0.05) is 0 Å². The van der Waals surface area contributed by atoms with E-state index in [1.54, 1.807) is 0 Å². The molecule has 0 bridgehead atoms. The zero-order chi connectivity index (χ0) is 15.8. The fraction of sp³-hybridized carbons (Fsp3) is 0.250. The van der Waals surface area contributed by atoms with Crippen molar-refractivity contribution < 1.29 is 27.9 Å². The maximum atomic E-state index is 12.2. The van der Waals surface area contributed by atoms with E-state index in [9.17, 15) is 22.8 Å². The van der Waals surface area contributed by atoms with Gasteiger partial charge in [0.05, 0.1) is 5.56 Å². The van der Waals surface area contributed by atoms with E-state index in [0.717, 1.165) is 0 Å². The van der Waals surface area contributed by atoms with Crippen LogP contribution in [0.1, 0.15) is 17.3 Å². The minimum Gasteiger partial charge on any atom is -0.480 e. The number of fused-ring (bicyclic) bond motifs is 1. The van der Waals surface area contributed by atoms with Gasteiger partial charge in [0.25, 0.3) is 15.9 Å². The van der Waals surface area contributed by atoms with Crippen molar-refractivity contribution in [3.8, 4) is 0 Å². The molecule has 112 valence electrons. The van der Waals surface area contributed by atoms with E-state index in [1.165, 1.54) is 31.2 Å². The number of carboxylic acid groups (broad SMARTS) is 1. The summed E-state index contributed by atoms with van der Waals surface area (Å²) < 4.78 is 24.7. The summed E-state index contributed by atoms with van der Waals surface area (Å²) in [6.45, 7) is 0.475. The number of hydrogen-bond acceptors (Lipinski definition) is 5. The van der Waals surface area contributed by atoms with Gasteiger partial charge in [0.1, 0.15) is 17.5 Å².